The fraction of sp³-hybridized carbons (Fsp3) is 0.240. The number of carboxylic acids is 1. The van der Waals surface area contributed by atoms with Crippen molar-refractivity contribution in [2.45, 2.75) is 38.1 Å². The minimum absolute atomic E-state index is 0.0401. The Morgan fingerprint density at radius 3 is 2.34 bits per heavy atom. The molecule has 0 aliphatic heterocycles. The van der Waals surface area contributed by atoms with Crippen LogP contribution in [0.5, 0.6) is 0 Å². The standard InChI is InChI=1S/C25H24ClN3O6/c26-18-3-1-2-17(12-18)15-4-6-16(7-5-15)20-13-19(35-29-20)8-11-24(32)28-21(14-25(33)34)22(30)9-10-23(27)31/h1-7,12-13,21H,8-11,14H2,(H2,27,31)(H,28,32)(H,33,34)/t21-/m0/s1. The second-order valence-electron chi connectivity index (χ2n) is 7.92. The van der Waals surface area contributed by atoms with Gasteiger partial charge in [0.2, 0.25) is 11.8 Å². The minimum Gasteiger partial charge on any atom is -0.481 e. The van der Waals surface area contributed by atoms with Gasteiger partial charge in [-0.3, -0.25) is 19.2 Å². The second kappa shape index (κ2) is 11.9. The van der Waals surface area contributed by atoms with Crippen LogP contribution in [0.3, 0.4) is 0 Å². The molecule has 0 aliphatic carbocycles. The number of carbonyl (C=O) groups excluding carboxylic acids is 3. The molecule has 1 atom stereocenters. The highest BCUT2D eigenvalue weighted by atomic mass is 35.5. The molecule has 0 fully saturated rings. The number of rotatable bonds is 12. The number of halogens is 1. The Bertz CT molecular complexity index is 1220. The van der Waals surface area contributed by atoms with E-state index < -0.39 is 36.0 Å². The summed E-state index contributed by atoms with van der Waals surface area (Å²) in [6, 6.07) is 15.7. The van der Waals surface area contributed by atoms with Gasteiger partial charge in [-0.05, 0) is 23.3 Å². The maximum atomic E-state index is 12.3. The van der Waals surface area contributed by atoms with E-state index in [-0.39, 0.29) is 25.7 Å². The first-order valence-electron chi connectivity index (χ1n) is 10.9. The number of carbonyl (C=O) groups is 4. The van der Waals surface area contributed by atoms with Gasteiger partial charge in [-0.1, -0.05) is 53.2 Å². The van der Waals surface area contributed by atoms with Gasteiger partial charge in [0, 0.05) is 42.3 Å². The Hall–Kier alpha value is -3.98. The second-order valence-corrected chi connectivity index (χ2v) is 8.35. The molecular weight excluding hydrogens is 474 g/mol. The summed E-state index contributed by atoms with van der Waals surface area (Å²) in [5.74, 6) is -2.55. The maximum Gasteiger partial charge on any atom is 0.305 e. The van der Waals surface area contributed by atoms with Crippen LogP contribution in [0.2, 0.25) is 5.02 Å². The zero-order chi connectivity index (χ0) is 25.4. The summed E-state index contributed by atoms with van der Waals surface area (Å²) >= 11 is 6.06. The van der Waals surface area contributed by atoms with Crippen molar-refractivity contribution in [2.24, 2.45) is 5.73 Å². The summed E-state index contributed by atoms with van der Waals surface area (Å²) in [5, 5.41) is 16.1. The van der Waals surface area contributed by atoms with Crippen molar-refractivity contribution >= 4 is 35.2 Å². The number of nitrogens with two attached hydrogens (primary N) is 1. The first kappa shape index (κ1) is 25.6. The zero-order valence-electron chi connectivity index (χ0n) is 18.7. The van der Waals surface area contributed by atoms with E-state index in [4.69, 9.17) is 27.0 Å². The van der Waals surface area contributed by atoms with Crippen molar-refractivity contribution < 1.29 is 28.8 Å². The van der Waals surface area contributed by atoms with Crippen LogP contribution in [-0.4, -0.2) is 39.9 Å². The smallest absolute Gasteiger partial charge is 0.305 e. The Morgan fingerprint density at radius 2 is 1.69 bits per heavy atom. The molecule has 0 spiro atoms. The molecule has 35 heavy (non-hydrogen) atoms. The molecule has 0 aliphatic rings. The van der Waals surface area contributed by atoms with Crippen LogP contribution in [0.15, 0.2) is 59.1 Å². The maximum absolute atomic E-state index is 12.3. The molecule has 0 saturated carbocycles. The van der Waals surface area contributed by atoms with Crippen molar-refractivity contribution in [3.8, 4) is 22.4 Å². The molecule has 4 N–H and O–H groups in total. The lowest BCUT2D eigenvalue weighted by molar-refractivity contribution is -0.140. The molecule has 9 nitrogen and oxygen atoms in total. The molecule has 1 heterocycles. The van der Waals surface area contributed by atoms with Gasteiger partial charge in [-0.25, -0.2) is 0 Å². The molecule has 3 rings (SSSR count). The average molecular weight is 498 g/mol. The van der Waals surface area contributed by atoms with E-state index in [1.807, 2.05) is 48.5 Å². The summed E-state index contributed by atoms with van der Waals surface area (Å²) in [7, 11) is 0. The third kappa shape index (κ3) is 7.79. The number of benzene rings is 2. The van der Waals surface area contributed by atoms with Gasteiger partial charge < -0.3 is 20.7 Å². The molecule has 0 radical (unpaired) electrons. The van der Waals surface area contributed by atoms with Crippen LogP contribution in [0, 0.1) is 0 Å². The van der Waals surface area contributed by atoms with Gasteiger partial charge in [0.15, 0.2) is 5.78 Å². The number of ketones is 1. The quantitative estimate of drug-likeness (QED) is 0.346. The van der Waals surface area contributed by atoms with E-state index in [0.717, 1.165) is 16.7 Å². The highest BCUT2D eigenvalue weighted by Crippen LogP contribution is 2.26. The van der Waals surface area contributed by atoms with Gasteiger partial charge in [-0.15, -0.1) is 0 Å². The number of hydrogen-bond acceptors (Lipinski definition) is 6. The third-order valence-corrected chi connectivity index (χ3v) is 5.45. The number of nitrogens with one attached hydrogen (secondary N) is 1. The van der Waals surface area contributed by atoms with Gasteiger partial charge in [0.25, 0.3) is 0 Å². The number of amides is 2. The molecule has 1 aromatic heterocycles. The molecule has 0 unspecified atom stereocenters. The van der Waals surface area contributed by atoms with Gasteiger partial charge >= 0.3 is 5.97 Å². The van der Waals surface area contributed by atoms with Crippen LogP contribution >= 0.6 is 11.6 Å². The van der Waals surface area contributed by atoms with Gasteiger partial charge in [-0.2, -0.15) is 0 Å². The molecule has 3 aromatic rings. The Balaban J connectivity index is 1.57. The van der Waals surface area contributed by atoms with E-state index in [2.05, 4.69) is 10.5 Å². The lowest BCUT2D eigenvalue weighted by atomic mass is 10.0. The number of primary amides is 1. The molecule has 10 heteroatoms. The minimum atomic E-state index is -1.25. The van der Waals surface area contributed by atoms with Crippen LogP contribution in [-0.2, 0) is 25.6 Å². The average Bonchev–Trinajstić information content (AvgIpc) is 3.30. The number of Topliss-reactive ketones (excluding diaryl/α,β-unsaturated/α-hetero) is 1. The van der Waals surface area contributed by atoms with Crippen molar-refractivity contribution in [2.75, 3.05) is 0 Å². The van der Waals surface area contributed by atoms with Crippen LogP contribution in [0.1, 0.15) is 31.4 Å². The zero-order valence-corrected chi connectivity index (χ0v) is 19.5. The number of aromatic nitrogens is 1. The summed E-state index contributed by atoms with van der Waals surface area (Å²) in [6.45, 7) is 0. The van der Waals surface area contributed by atoms with Crippen molar-refractivity contribution in [1.29, 1.82) is 0 Å². The summed E-state index contributed by atoms with van der Waals surface area (Å²) in [6.07, 6.45) is -0.877. The predicted molar refractivity (Wildman–Crippen MR) is 128 cm³/mol. The monoisotopic (exact) mass is 497 g/mol. The van der Waals surface area contributed by atoms with E-state index in [1.54, 1.807) is 6.07 Å². The SMILES string of the molecule is NC(=O)CCC(=O)[C@H](CC(=O)O)NC(=O)CCc1cc(-c2ccc(-c3cccc(Cl)c3)cc2)no1. The highest BCUT2D eigenvalue weighted by molar-refractivity contribution is 6.30. The summed E-state index contributed by atoms with van der Waals surface area (Å²) < 4.78 is 5.32. The van der Waals surface area contributed by atoms with Crippen LogP contribution in [0.4, 0.5) is 0 Å². The first-order chi connectivity index (χ1) is 16.7. The third-order valence-electron chi connectivity index (χ3n) is 5.22. The molecule has 0 bridgehead atoms. The van der Waals surface area contributed by atoms with E-state index in [0.29, 0.717) is 16.5 Å². The van der Waals surface area contributed by atoms with Gasteiger partial charge in [0.1, 0.15) is 11.5 Å². The van der Waals surface area contributed by atoms with Crippen molar-refractivity contribution in [3.63, 3.8) is 0 Å². The predicted octanol–water partition coefficient (Wildman–Crippen LogP) is 3.39. The van der Waals surface area contributed by atoms with Gasteiger partial charge in [0.05, 0.1) is 12.5 Å². The molecule has 0 saturated heterocycles. The normalized spacial score (nSPS) is 11.6. The fourth-order valence-corrected chi connectivity index (χ4v) is 3.60. The Labute approximate surface area is 206 Å². The number of hydrogen-bond donors (Lipinski definition) is 3. The number of aliphatic carboxylic acids is 1. The number of aryl methyl sites for hydroxylation is 1. The van der Waals surface area contributed by atoms with Crippen molar-refractivity contribution in [1.82, 2.24) is 10.5 Å². The number of nitrogens with zero attached hydrogens (tertiary/aromatic N) is 1. The Kier molecular flexibility index (Phi) is 8.74. The molecular formula is C25H24ClN3O6. The Morgan fingerprint density at radius 1 is 0.971 bits per heavy atom. The topological polar surface area (TPSA) is 153 Å². The van der Waals surface area contributed by atoms with E-state index in [1.165, 1.54) is 0 Å². The highest BCUT2D eigenvalue weighted by Gasteiger charge is 2.24. The molecule has 2 aromatic carbocycles. The first-order valence-corrected chi connectivity index (χ1v) is 11.2. The largest absolute Gasteiger partial charge is 0.481 e. The fourth-order valence-electron chi connectivity index (χ4n) is 3.41. The summed E-state index contributed by atoms with van der Waals surface area (Å²) in [5.41, 5.74) is 8.44. The van der Waals surface area contributed by atoms with Crippen LogP contribution < -0.4 is 11.1 Å². The van der Waals surface area contributed by atoms with E-state index in [9.17, 15) is 19.2 Å². The lowest BCUT2D eigenvalue weighted by Crippen LogP contribution is -2.42. The van der Waals surface area contributed by atoms with Crippen molar-refractivity contribution in [3.05, 3.63) is 65.4 Å². The van der Waals surface area contributed by atoms with Crippen LogP contribution in [0.25, 0.3) is 22.4 Å². The lowest BCUT2D eigenvalue weighted by Gasteiger charge is -2.15. The van der Waals surface area contributed by atoms with E-state index >= 15 is 0 Å². The molecule has 2 amide bonds. The summed E-state index contributed by atoms with van der Waals surface area (Å²) in [4.78, 5) is 46.4. The molecule has 182 valence electrons. The number of carboxylic acid groups (broad SMARTS) is 1.